The van der Waals surface area contributed by atoms with Crippen LogP contribution in [0.2, 0.25) is 5.02 Å². The third-order valence-electron chi connectivity index (χ3n) is 7.18. The molecule has 6 heteroatoms. The quantitative estimate of drug-likeness (QED) is 0.472. The maximum atomic E-state index is 13.1. The largest absolute Gasteiger partial charge is 0.369 e. The second-order valence-corrected chi connectivity index (χ2v) is 11.2. The smallest absolute Gasteiger partial charge is 0.251 e. The second-order valence-electron chi connectivity index (χ2n) is 9.64. The zero-order valence-corrected chi connectivity index (χ0v) is 22.0. The Labute approximate surface area is 217 Å². The van der Waals surface area contributed by atoms with Crippen LogP contribution in [-0.4, -0.2) is 50.1 Å². The predicted molar refractivity (Wildman–Crippen MR) is 146 cm³/mol. The van der Waals surface area contributed by atoms with Gasteiger partial charge in [-0.25, -0.2) is 0 Å². The molecule has 1 saturated heterocycles. The summed E-state index contributed by atoms with van der Waals surface area (Å²) in [4.78, 5) is 20.2. The molecule has 1 heterocycles. The summed E-state index contributed by atoms with van der Waals surface area (Å²) in [5, 5.41) is 4.05. The van der Waals surface area contributed by atoms with E-state index in [0.717, 1.165) is 60.3 Å². The lowest BCUT2D eigenvalue weighted by Gasteiger charge is -2.37. The van der Waals surface area contributed by atoms with E-state index in [9.17, 15) is 4.79 Å². The zero-order chi connectivity index (χ0) is 24.4. The molecule has 0 saturated carbocycles. The first-order chi connectivity index (χ1) is 17.0. The van der Waals surface area contributed by atoms with E-state index in [1.165, 1.54) is 22.4 Å². The minimum atomic E-state index is 0.00953. The number of likely N-dealkylation sites (N-methyl/N-ethyl adjacent to an activating group) is 1. The number of piperazine rings is 1. The van der Waals surface area contributed by atoms with E-state index in [0.29, 0.717) is 5.56 Å². The van der Waals surface area contributed by atoms with Gasteiger partial charge in [-0.15, -0.1) is 0 Å². The van der Waals surface area contributed by atoms with Crippen LogP contribution in [0.1, 0.15) is 33.5 Å². The van der Waals surface area contributed by atoms with E-state index in [1.54, 1.807) is 11.8 Å². The van der Waals surface area contributed by atoms with Crippen molar-refractivity contribution in [3.8, 4) is 0 Å². The highest BCUT2D eigenvalue weighted by atomic mass is 35.5. The molecule has 0 bridgehead atoms. The molecule has 1 fully saturated rings. The van der Waals surface area contributed by atoms with Crippen molar-refractivity contribution in [3.63, 3.8) is 0 Å². The van der Waals surface area contributed by atoms with E-state index in [4.69, 9.17) is 11.6 Å². The lowest BCUT2D eigenvalue weighted by molar-refractivity contribution is 0.0933. The Morgan fingerprint density at radius 3 is 2.26 bits per heavy atom. The molecule has 1 atom stereocenters. The van der Waals surface area contributed by atoms with Gasteiger partial charge in [0.05, 0.1) is 0 Å². The molecule has 0 radical (unpaired) electrons. The molecular weight excluding hydrogens is 474 g/mol. The summed E-state index contributed by atoms with van der Waals surface area (Å²) >= 11 is 7.64. The molecular formula is C29H32ClN3OS. The summed E-state index contributed by atoms with van der Waals surface area (Å²) in [6.45, 7) is 6.52. The number of rotatable bonds is 5. The minimum absolute atomic E-state index is 0.00953. The van der Waals surface area contributed by atoms with Gasteiger partial charge in [0.15, 0.2) is 0 Å². The van der Waals surface area contributed by atoms with Crippen LogP contribution in [0, 0.1) is 6.92 Å². The van der Waals surface area contributed by atoms with Crippen molar-refractivity contribution >= 4 is 35.0 Å². The van der Waals surface area contributed by atoms with Crippen LogP contribution in [-0.2, 0) is 12.8 Å². The Kier molecular flexibility index (Phi) is 7.37. The van der Waals surface area contributed by atoms with Crippen molar-refractivity contribution in [1.29, 1.82) is 0 Å². The third kappa shape index (κ3) is 5.69. The van der Waals surface area contributed by atoms with Crippen LogP contribution in [0.4, 0.5) is 5.69 Å². The van der Waals surface area contributed by atoms with E-state index in [-0.39, 0.29) is 11.9 Å². The topological polar surface area (TPSA) is 35.6 Å². The molecule has 4 nitrogen and oxygen atoms in total. The highest BCUT2D eigenvalue weighted by Crippen LogP contribution is 2.34. The first-order valence-corrected chi connectivity index (χ1v) is 13.5. The van der Waals surface area contributed by atoms with Crippen LogP contribution in [0.15, 0.2) is 70.5 Å². The molecule has 3 aromatic rings. The Morgan fingerprint density at radius 2 is 1.57 bits per heavy atom. The fraction of sp³-hybridized carbons (Fsp3) is 0.345. The molecule has 182 valence electrons. The lowest BCUT2D eigenvalue weighted by atomic mass is 9.84. The van der Waals surface area contributed by atoms with Crippen molar-refractivity contribution in [2.45, 2.75) is 42.0 Å². The summed E-state index contributed by atoms with van der Waals surface area (Å²) in [6.07, 6.45) is 2.90. The maximum absolute atomic E-state index is 13.1. The number of halogens is 1. The fourth-order valence-electron chi connectivity index (χ4n) is 5.09. The Balaban J connectivity index is 1.25. The highest BCUT2D eigenvalue weighted by Gasteiger charge is 2.27. The second kappa shape index (κ2) is 10.7. The van der Waals surface area contributed by atoms with Crippen molar-refractivity contribution < 1.29 is 4.79 Å². The average molecular weight is 506 g/mol. The first-order valence-electron chi connectivity index (χ1n) is 12.4. The van der Waals surface area contributed by atoms with Gasteiger partial charge < -0.3 is 15.1 Å². The summed E-state index contributed by atoms with van der Waals surface area (Å²) in [6, 6.07) is 20.4. The standard InChI is InChI=1S/C29H32ClN3OS/c1-20-3-14-28(33-17-15-32(2)16-18-33)27-19-23(8-13-26(20)27)31-29(34)21-4-9-24(10-5-21)35-25-11-6-22(30)7-12-25/h3-7,9-12,14,23H,8,13,15-19H2,1-2H3,(H,31,34)/t23-/m0/s1. The van der Waals surface area contributed by atoms with Crippen molar-refractivity contribution in [3.05, 3.63) is 87.9 Å². The minimum Gasteiger partial charge on any atom is -0.369 e. The van der Waals surface area contributed by atoms with Gasteiger partial charge in [0.2, 0.25) is 0 Å². The number of anilines is 1. The molecule has 2 aliphatic rings. The SMILES string of the molecule is Cc1ccc(N2CCN(C)CC2)c2c1CC[C@H](NC(=O)c1ccc(Sc3ccc(Cl)cc3)cc1)C2. The van der Waals surface area contributed by atoms with Crippen molar-refractivity contribution in [2.24, 2.45) is 0 Å². The van der Waals surface area contributed by atoms with Gasteiger partial charge in [0.1, 0.15) is 0 Å². The van der Waals surface area contributed by atoms with Gasteiger partial charge in [0.25, 0.3) is 5.91 Å². The number of hydrogen-bond acceptors (Lipinski definition) is 4. The Bertz CT molecular complexity index is 1190. The maximum Gasteiger partial charge on any atom is 0.251 e. The van der Waals surface area contributed by atoms with Gasteiger partial charge in [0, 0.05) is 58.3 Å². The lowest BCUT2D eigenvalue weighted by Crippen LogP contribution is -2.45. The van der Waals surface area contributed by atoms with E-state index in [2.05, 4.69) is 41.2 Å². The summed E-state index contributed by atoms with van der Waals surface area (Å²) in [5.74, 6) is 0.00953. The summed E-state index contributed by atoms with van der Waals surface area (Å²) < 4.78 is 0. The number of hydrogen-bond donors (Lipinski definition) is 1. The number of nitrogens with zero attached hydrogens (tertiary/aromatic N) is 2. The van der Waals surface area contributed by atoms with Crippen molar-refractivity contribution in [2.75, 3.05) is 38.1 Å². The predicted octanol–water partition coefficient (Wildman–Crippen LogP) is 5.84. The molecule has 0 spiro atoms. The van der Waals surface area contributed by atoms with Gasteiger partial charge in [-0.3, -0.25) is 4.79 Å². The van der Waals surface area contributed by atoms with Crippen LogP contribution in [0.25, 0.3) is 0 Å². The monoisotopic (exact) mass is 505 g/mol. The van der Waals surface area contributed by atoms with Gasteiger partial charge >= 0.3 is 0 Å². The zero-order valence-electron chi connectivity index (χ0n) is 20.4. The van der Waals surface area contributed by atoms with Crippen LogP contribution >= 0.6 is 23.4 Å². The molecule has 1 amide bonds. The summed E-state index contributed by atoms with van der Waals surface area (Å²) in [7, 11) is 2.19. The van der Waals surface area contributed by atoms with Crippen LogP contribution in [0.5, 0.6) is 0 Å². The summed E-state index contributed by atoms with van der Waals surface area (Å²) in [5.41, 5.74) is 6.36. The number of aryl methyl sites for hydroxylation is 1. The van der Waals surface area contributed by atoms with E-state index in [1.807, 2.05) is 48.5 Å². The third-order valence-corrected chi connectivity index (χ3v) is 8.45. The molecule has 1 N–H and O–H groups in total. The Morgan fingerprint density at radius 1 is 0.914 bits per heavy atom. The molecule has 1 aliphatic heterocycles. The number of carbonyl (C=O) groups is 1. The van der Waals surface area contributed by atoms with Gasteiger partial charge in [-0.2, -0.15) is 0 Å². The average Bonchev–Trinajstić information content (AvgIpc) is 2.87. The normalized spacial score (nSPS) is 18.3. The highest BCUT2D eigenvalue weighted by molar-refractivity contribution is 7.99. The number of benzene rings is 3. The van der Waals surface area contributed by atoms with Gasteiger partial charge in [-0.1, -0.05) is 29.4 Å². The van der Waals surface area contributed by atoms with Crippen molar-refractivity contribution in [1.82, 2.24) is 10.2 Å². The number of carbonyl (C=O) groups excluding carboxylic acids is 1. The number of nitrogens with one attached hydrogen (secondary N) is 1. The Hall–Kier alpha value is -2.47. The fourth-order valence-corrected chi connectivity index (χ4v) is 6.03. The van der Waals surface area contributed by atoms with Gasteiger partial charge in [-0.05, 0) is 105 Å². The number of fused-ring (bicyclic) bond motifs is 1. The number of amides is 1. The molecule has 5 rings (SSSR count). The molecule has 0 aromatic heterocycles. The molecule has 0 unspecified atom stereocenters. The van der Waals surface area contributed by atoms with E-state index < -0.39 is 0 Å². The van der Waals surface area contributed by atoms with E-state index >= 15 is 0 Å². The first kappa shape index (κ1) is 24.2. The van der Waals surface area contributed by atoms with Crippen LogP contribution in [0.3, 0.4) is 0 Å². The van der Waals surface area contributed by atoms with Crippen LogP contribution < -0.4 is 10.2 Å². The molecule has 35 heavy (non-hydrogen) atoms. The molecule has 1 aliphatic carbocycles. The molecule has 3 aromatic carbocycles.